The van der Waals surface area contributed by atoms with E-state index < -0.39 is 13.7 Å². The summed E-state index contributed by atoms with van der Waals surface area (Å²) in [4.78, 5) is 10.8. The third-order valence-electron chi connectivity index (χ3n) is 3.93. The molecule has 11 heteroatoms. The first-order valence-electron chi connectivity index (χ1n) is 7.97. The van der Waals surface area contributed by atoms with Crippen molar-refractivity contribution in [3.63, 3.8) is 0 Å². The number of nitro benzene ring substituents is 1. The first-order valence-corrected chi connectivity index (χ1v) is 9.90. The molecule has 27 heavy (non-hydrogen) atoms. The van der Waals surface area contributed by atoms with Crippen molar-refractivity contribution in [1.82, 2.24) is 0 Å². The van der Waals surface area contributed by atoms with Crippen molar-refractivity contribution >= 4 is 14.5 Å². The largest absolute Gasteiger partial charge is 0.663 e. The fourth-order valence-electron chi connectivity index (χ4n) is 2.43. The summed E-state index contributed by atoms with van der Waals surface area (Å²) in [5, 5.41) is 11.2. The fraction of sp³-hybridized carbons (Fsp3) is 0.562. The van der Waals surface area contributed by atoms with Crippen LogP contribution in [-0.4, -0.2) is 48.8 Å². The van der Waals surface area contributed by atoms with Gasteiger partial charge in [0.2, 0.25) is 0 Å². The predicted molar refractivity (Wildman–Crippen MR) is 96.1 cm³/mol. The Kier molecular flexibility index (Phi) is 10.6. The van der Waals surface area contributed by atoms with Crippen LogP contribution in [-0.2, 0) is 24.6 Å². The molecule has 0 aliphatic rings. The third-order valence-corrected chi connectivity index (χ3v) is 6.76. The van der Waals surface area contributed by atoms with Crippen molar-refractivity contribution in [1.29, 1.82) is 0 Å². The van der Waals surface area contributed by atoms with E-state index in [1.165, 1.54) is 19.2 Å². The molecule has 0 atom stereocenters. The van der Waals surface area contributed by atoms with Crippen LogP contribution in [0.25, 0.3) is 0 Å². The van der Waals surface area contributed by atoms with Crippen LogP contribution in [0.5, 0.6) is 11.5 Å². The Balaban J connectivity index is 0.00000676. The molecule has 0 saturated heterocycles. The molecule has 0 bridgehead atoms. The van der Waals surface area contributed by atoms with Gasteiger partial charge in [-0.15, -0.1) is 0 Å². The number of benzene rings is 1. The van der Waals surface area contributed by atoms with Gasteiger partial charge in [-0.1, -0.05) is 0 Å². The number of nitrogens with zero attached hydrogens (tertiary/aromatic N) is 1. The van der Waals surface area contributed by atoms with Gasteiger partial charge in [0.1, 0.15) is 5.75 Å². The molecule has 0 N–H and O–H groups in total. The standard InChI is InChI=1S/C16H26NO8Si.Rf/c1-20-15-10-13(14(17(18)19)11-16(15)21-2)12-25-8-6-7-9-26(22-3,23-4)24-5;/h10-11H,1,6-9,12H2,2-5H3;/q-1;. The molecular weight excluding hydrogens is 629 g/mol. The molecule has 0 heterocycles. The van der Waals surface area contributed by atoms with E-state index in [9.17, 15) is 10.1 Å². The molecule has 0 spiro atoms. The minimum absolute atomic E-state index is 0. The number of rotatable bonds is 13. The van der Waals surface area contributed by atoms with Gasteiger partial charge in [-0.05, 0) is 18.9 Å². The van der Waals surface area contributed by atoms with Gasteiger partial charge in [0, 0.05) is 34.0 Å². The minimum Gasteiger partial charge on any atom is -0.663 e. The molecule has 0 unspecified atom stereocenters. The number of unbranched alkanes of at least 4 members (excludes halogenated alkanes) is 1. The Morgan fingerprint density at radius 3 is 2.19 bits per heavy atom. The summed E-state index contributed by atoms with van der Waals surface area (Å²) in [5.41, 5.74) is 0.302. The minimum atomic E-state index is -2.57. The van der Waals surface area contributed by atoms with Gasteiger partial charge < -0.3 is 27.5 Å². The van der Waals surface area contributed by atoms with Crippen molar-refractivity contribution in [2.24, 2.45) is 0 Å². The van der Waals surface area contributed by atoms with Crippen LogP contribution in [0.4, 0.5) is 5.69 Å². The maximum atomic E-state index is 11.2. The van der Waals surface area contributed by atoms with Gasteiger partial charge in [-0.25, -0.2) is 0 Å². The second-order valence-corrected chi connectivity index (χ2v) is 8.43. The Bertz CT molecular complexity index is 578. The number of methoxy groups -OCH3 is 1. The van der Waals surface area contributed by atoms with Crippen LogP contribution in [0.1, 0.15) is 18.4 Å². The Labute approximate surface area is 154 Å². The molecule has 0 aromatic heterocycles. The van der Waals surface area contributed by atoms with Gasteiger partial charge in [-0.2, -0.15) is 7.11 Å². The van der Waals surface area contributed by atoms with Gasteiger partial charge in [-0.3, -0.25) is 10.1 Å². The molecule has 1 rings (SSSR count). The van der Waals surface area contributed by atoms with E-state index in [-0.39, 0.29) is 18.0 Å². The topological polar surface area (TPSA) is 98.5 Å². The van der Waals surface area contributed by atoms with E-state index in [2.05, 4.69) is 7.11 Å². The van der Waals surface area contributed by atoms with E-state index in [1.807, 2.05) is 0 Å². The number of nitro groups is 1. The van der Waals surface area contributed by atoms with E-state index in [4.69, 9.17) is 27.5 Å². The summed E-state index contributed by atoms with van der Waals surface area (Å²) in [6.45, 7) is 0.517. The van der Waals surface area contributed by atoms with E-state index in [0.29, 0.717) is 24.0 Å². The Hall–Kier alpha value is -2.72. The van der Waals surface area contributed by atoms with Crippen molar-refractivity contribution in [3.8, 4) is 11.5 Å². The summed E-state index contributed by atoms with van der Waals surface area (Å²) in [7, 11) is 6.87. The van der Waals surface area contributed by atoms with E-state index in [1.54, 1.807) is 21.3 Å². The first-order chi connectivity index (χ1) is 12.5. The van der Waals surface area contributed by atoms with E-state index in [0.717, 1.165) is 12.8 Å². The number of hydrogen-bond donors (Lipinski definition) is 0. The van der Waals surface area contributed by atoms with Crippen LogP contribution >= 0.6 is 0 Å². The summed E-state index contributed by atoms with van der Waals surface area (Å²) in [5.74, 6) is 0.559. The summed E-state index contributed by atoms with van der Waals surface area (Å²) in [6, 6.07) is 3.47. The van der Waals surface area contributed by atoms with Crippen LogP contribution < -0.4 is 9.47 Å². The summed E-state index contributed by atoms with van der Waals surface area (Å²) in [6.07, 6.45) is 1.53. The van der Waals surface area contributed by atoms with Crippen LogP contribution in [0.2, 0.25) is 6.04 Å². The zero-order chi connectivity index (χ0) is 19.6. The Morgan fingerprint density at radius 2 is 1.70 bits per heavy atom. The smallest absolute Gasteiger partial charge is 0.500 e. The van der Waals surface area contributed by atoms with Crippen LogP contribution in [0, 0.1) is 17.2 Å². The van der Waals surface area contributed by atoms with Gasteiger partial charge in [0.25, 0.3) is 5.69 Å². The molecule has 150 valence electrons. The second-order valence-electron chi connectivity index (χ2n) is 5.34. The van der Waals surface area contributed by atoms with Gasteiger partial charge >= 0.3 is 8.80 Å². The summed E-state index contributed by atoms with van der Waals surface area (Å²) < 4.78 is 31.6. The van der Waals surface area contributed by atoms with Gasteiger partial charge in [0.15, 0.2) is 5.75 Å². The molecule has 0 amide bonds. The zero-order valence-electron chi connectivity index (χ0n) is 16.3. The monoisotopic (exact) mass is 655 g/mol. The third kappa shape index (κ3) is 6.50. The molecule has 9 nitrogen and oxygen atoms in total. The molecule has 1 aromatic rings. The maximum absolute atomic E-state index is 11.2. The fourth-order valence-corrected chi connectivity index (χ4v) is 4.23. The molecule has 0 radical (unpaired) electrons. The van der Waals surface area contributed by atoms with Crippen molar-refractivity contribution in [2.45, 2.75) is 25.5 Å². The maximum Gasteiger partial charge on any atom is 0.500 e. The van der Waals surface area contributed by atoms with Crippen LogP contribution in [0.15, 0.2) is 12.1 Å². The SMILES string of the molecule is [CH2-]Oc1cc(COCCCC[Si](OC)(OC)OC)c([N+](=O)[O-])cc1OC.[Rf]. The first kappa shape index (κ1) is 24.3. The molecular formula is C16H26NO8RfSi-. The van der Waals surface area contributed by atoms with Crippen molar-refractivity contribution < 1.29 is 32.4 Å². The number of hydrogen-bond acceptors (Lipinski definition) is 8. The van der Waals surface area contributed by atoms with Crippen molar-refractivity contribution in [3.05, 3.63) is 34.9 Å². The van der Waals surface area contributed by atoms with E-state index >= 15 is 0 Å². The normalized spacial score (nSPS) is 11.0. The molecule has 0 aliphatic heterocycles. The predicted octanol–water partition coefficient (Wildman–Crippen LogP) is 2.95. The molecule has 0 fully saturated rings. The van der Waals surface area contributed by atoms with Crippen molar-refractivity contribution in [2.75, 3.05) is 35.0 Å². The average molecular weight is 655 g/mol. The Morgan fingerprint density at radius 1 is 1.07 bits per heavy atom. The summed E-state index contributed by atoms with van der Waals surface area (Å²) >= 11 is 0. The zero-order valence-corrected chi connectivity index (χ0v) is 23.7. The molecule has 1 aromatic carbocycles. The van der Waals surface area contributed by atoms with Gasteiger partial charge in [0.05, 0.1) is 30.3 Å². The quantitative estimate of drug-likeness (QED) is 0.105. The molecule has 0 saturated carbocycles. The van der Waals surface area contributed by atoms with Crippen LogP contribution in [0.3, 0.4) is 0 Å². The molecule has 0 aliphatic carbocycles. The number of ether oxygens (including phenoxy) is 3. The average Bonchev–Trinajstić information content (AvgIpc) is 2.67. The second kappa shape index (κ2) is 11.8.